The van der Waals surface area contributed by atoms with E-state index in [1.807, 2.05) is 66.7 Å². The van der Waals surface area contributed by atoms with Gasteiger partial charge in [-0.25, -0.2) is 9.79 Å². The Morgan fingerprint density at radius 2 is 1.86 bits per heavy atom. The first kappa shape index (κ1) is 20.9. The number of benzene rings is 3. The zero-order valence-corrected chi connectivity index (χ0v) is 18.6. The Kier molecular flexibility index (Phi) is 4.92. The minimum Gasteiger partial charge on any atom is -0.409 e. The van der Waals surface area contributed by atoms with Crippen LogP contribution in [0.5, 0.6) is 5.75 Å². The molecule has 3 N–H and O–H groups in total. The number of ether oxygens (including phenoxy) is 1. The van der Waals surface area contributed by atoms with E-state index in [2.05, 4.69) is 10.3 Å². The summed E-state index contributed by atoms with van der Waals surface area (Å²) in [5.41, 5.74) is 11.5. The van der Waals surface area contributed by atoms with Gasteiger partial charge in [-0.3, -0.25) is 15.1 Å². The van der Waals surface area contributed by atoms with Gasteiger partial charge in [0.05, 0.1) is 23.1 Å². The molecule has 4 aromatic rings. The number of pyridine rings is 1. The second kappa shape index (κ2) is 8.25. The van der Waals surface area contributed by atoms with Crippen LogP contribution in [0.3, 0.4) is 0 Å². The molecule has 2 amide bonds. The molecule has 0 unspecified atom stereocenters. The smallest absolute Gasteiger partial charge is 0.409 e. The Bertz CT molecular complexity index is 1520. The summed E-state index contributed by atoms with van der Waals surface area (Å²) in [6.07, 6.45) is 0.203. The van der Waals surface area contributed by atoms with Gasteiger partial charge in [-0.1, -0.05) is 48.5 Å². The number of carbonyl (C=O) groups excluding carboxylic acids is 2. The van der Waals surface area contributed by atoms with Crippen LogP contribution in [0.15, 0.2) is 84.0 Å². The zero-order valence-electron chi connectivity index (χ0n) is 18.6. The van der Waals surface area contributed by atoms with E-state index in [0.29, 0.717) is 24.4 Å². The lowest BCUT2D eigenvalue weighted by Crippen LogP contribution is -2.47. The standard InChI is InChI=1S/C27H21N5O3/c28-19-12-18-10-11-32-24(18)21(14-19)23(16-6-2-1-3-7-16)30-25(26(32)33)31-27(34)35-20-13-17-8-4-5-9-22(17)29-15-20/h1-9,12-15,25H,10-11,28H2,(H,31,34)/t25-/m0/s1. The maximum Gasteiger partial charge on any atom is 0.414 e. The molecular weight excluding hydrogens is 442 g/mol. The largest absolute Gasteiger partial charge is 0.414 e. The van der Waals surface area contributed by atoms with Gasteiger partial charge in [0.25, 0.3) is 5.91 Å². The maximum absolute atomic E-state index is 13.5. The summed E-state index contributed by atoms with van der Waals surface area (Å²) in [6, 6.07) is 22.5. The van der Waals surface area contributed by atoms with Crippen LogP contribution in [0.2, 0.25) is 0 Å². The van der Waals surface area contributed by atoms with E-state index in [9.17, 15) is 9.59 Å². The van der Waals surface area contributed by atoms with Gasteiger partial charge in [0.1, 0.15) is 0 Å². The van der Waals surface area contributed by atoms with Crippen LogP contribution in [-0.4, -0.2) is 35.4 Å². The summed E-state index contributed by atoms with van der Waals surface area (Å²) in [4.78, 5) is 37.0. The SMILES string of the molecule is Nc1cc2c3c(c1)C(c1ccccc1)=N[C@@H](NC(=O)Oc1cnc4ccccc4c1)C(=O)N3CC2. The number of carbonyl (C=O) groups is 2. The highest BCUT2D eigenvalue weighted by Gasteiger charge is 2.37. The Hall–Kier alpha value is -4.72. The third kappa shape index (κ3) is 3.74. The molecule has 8 heteroatoms. The lowest BCUT2D eigenvalue weighted by atomic mass is 9.97. The second-order valence-corrected chi connectivity index (χ2v) is 8.46. The minimum absolute atomic E-state index is 0.272. The third-order valence-corrected chi connectivity index (χ3v) is 6.18. The van der Waals surface area contributed by atoms with Crippen LogP contribution < -0.4 is 20.7 Å². The molecule has 3 aromatic carbocycles. The van der Waals surface area contributed by atoms with Gasteiger partial charge in [0, 0.05) is 28.7 Å². The third-order valence-electron chi connectivity index (χ3n) is 6.18. The molecule has 0 spiro atoms. The predicted octanol–water partition coefficient (Wildman–Crippen LogP) is 3.67. The molecular formula is C27H21N5O3. The maximum atomic E-state index is 13.5. The van der Waals surface area contributed by atoms with Gasteiger partial charge in [-0.05, 0) is 36.2 Å². The molecule has 2 aliphatic rings. The number of amides is 2. The number of hydrogen-bond acceptors (Lipinski definition) is 6. The molecule has 2 aliphatic heterocycles. The van der Waals surface area contributed by atoms with Gasteiger partial charge in [-0.15, -0.1) is 0 Å². The summed E-state index contributed by atoms with van der Waals surface area (Å²) in [7, 11) is 0. The minimum atomic E-state index is -1.16. The number of nitrogens with zero attached hydrogens (tertiary/aromatic N) is 3. The molecule has 1 atom stereocenters. The lowest BCUT2D eigenvalue weighted by Gasteiger charge is -2.21. The summed E-state index contributed by atoms with van der Waals surface area (Å²) >= 11 is 0. The van der Waals surface area contributed by atoms with Crippen LogP contribution in [-0.2, 0) is 11.2 Å². The first-order chi connectivity index (χ1) is 17.1. The summed E-state index contributed by atoms with van der Waals surface area (Å²) in [6.45, 7) is 0.490. The molecule has 0 saturated heterocycles. The normalized spacial score (nSPS) is 16.5. The molecule has 0 radical (unpaired) electrons. The Balaban J connectivity index is 1.36. The van der Waals surface area contributed by atoms with Gasteiger partial charge >= 0.3 is 6.09 Å². The van der Waals surface area contributed by atoms with Crippen molar-refractivity contribution in [3.63, 3.8) is 0 Å². The number of anilines is 2. The van der Waals surface area contributed by atoms with Gasteiger partial charge in [0.2, 0.25) is 6.17 Å². The summed E-state index contributed by atoms with van der Waals surface area (Å²) < 4.78 is 5.46. The first-order valence-corrected chi connectivity index (χ1v) is 11.3. The topological polar surface area (TPSA) is 110 Å². The fourth-order valence-electron chi connectivity index (χ4n) is 4.65. The molecule has 6 rings (SSSR count). The number of nitrogens with one attached hydrogen (secondary N) is 1. The quantitative estimate of drug-likeness (QED) is 0.451. The molecule has 8 nitrogen and oxygen atoms in total. The molecule has 0 bridgehead atoms. The molecule has 3 heterocycles. The number of fused-ring (bicyclic) bond motifs is 1. The van der Waals surface area contributed by atoms with Crippen LogP contribution in [0.4, 0.5) is 16.2 Å². The van der Waals surface area contributed by atoms with Gasteiger partial charge < -0.3 is 15.4 Å². The van der Waals surface area contributed by atoms with E-state index in [-0.39, 0.29) is 11.7 Å². The van der Waals surface area contributed by atoms with Crippen molar-refractivity contribution in [2.45, 2.75) is 12.6 Å². The molecule has 35 heavy (non-hydrogen) atoms. The van der Waals surface area contributed by atoms with Crippen molar-refractivity contribution >= 4 is 40.0 Å². The van der Waals surface area contributed by atoms with E-state index in [1.165, 1.54) is 6.20 Å². The number of rotatable bonds is 3. The predicted molar refractivity (Wildman–Crippen MR) is 134 cm³/mol. The van der Waals surface area contributed by atoms with E-state index >= 15 is 0 Å². The van der Waals surface area contributed by atoms with Gasteiger partial charge in [-0.2, -0.15) is 0 Å². The van der Waals surface area contributed by atoms with Crippen molar-refractivity contribution in [2.24, 2.45) is 4.99 Å². The number of para-hydroxylation sites is 1. The summed E-state index contributed by atoms with van der Waals surface area (Å²) in [5, 5.41) is 3.48. The highest BCUT2D eigenvalue weighted by atomic mass is 16.6. The molecule has 0 aliphatic carbocycles. The van der Waals surface area contributed by atoms with E-state index in [4.69, 9.17) is 15.5 Å². The van der Waals surface area contributed by atoms with E-state index < -0.39 is 12.3 Å². The Labute approximate surface area is 201 Å². The van der Waals surface area contributed by atoms with Crippen molar-refractivity contribution < 1.29 is 14.3 Å². The fraction of sp³-hybridized carbons (Fsp3) is 0.111. The zero-order chi connectivity index (χ0) is 23.9. The number of aromatic nitrogens is 1. The monoisotopic (exact) mass is 463 g/mol. The Morgan fingerprint density at radius 1 is 1.06 bits per heavy atom. The van der Waals surface area contributed by atoms with Crippen LogP contribution >= 0.6 is 0 Å². The Morgan fingerprint density at radius 3 is 2.71 bits per heavy atom. The highest BCUT2D eigenvalue weighted by molar-refractivity contribution is 6.21. The number of hydrogen-bond donors (Lipinski definition) is 2. The first-order valence-electron chi connectivity index (χ1n) is 11.3. The average molecular weight is 463 g/mol. The lowest BCUT2D eigenvalue weighted by molar-refractivity contribution is -0.120. The molecule has 0 saturated carbocycles. The van der Waals surface area contributed by atoms with Crippen molar-refractivity contribution in [2.75, 3.05) is 17.2 Å². The molecule has 1 aromatic heterocycles. The van der Waals surface area contributed by atoms with Crippen molar-refractivity contribution in [3.05, 3.63) is 95.7 Å². The number of aliphatic imine (C=N–C) groups is 1. The fourth-order valence-corrected chi connectivity index (χ4v) is 4.65. The van der Waals surface area contributed by atoms with E-state index in [0.717, 1.165) is 33.3 Å². The van der Waals surface area contributed by atoms with Crippen molar-refractivity contribution in [1.29, 1.82) is 0 Å². The highest BCUT2D eigenvalue weighted by Crippen LogP contribution is 2.38. The summed E-state index contributed by atoms with van der Waals surface area (Å²) in [5.74, 6) is -0.0525. The van der Waals surface area contributed by atoms with Gasteiger partial charge in [0.15, 0.2) is 5.75 Å². The second-order valence-electron chi connectivity index (χ2n) is 8.46. The molecule has 0 fully saturated rings. The average Bonchev–Trinajstić information content (AvgIpc) is 3.25. The van der Waals surface area contributed by atoms with Crippen molar-refractivity contribution in [3.8, 4) is 5.75 Å². The van der Waals surface area contributed by atoms with Crippen LogP contribution in [0.25, 0.3) is 10.9 Å². The van der Waals surface area contributed by atoms with Crippen molar-refractivity contribution in [1.82, 2.24) is 10.3 Å². The number of nitrogen functional groups attached to an aromatic ring is 1. The van der Waals surface area contributed by atoms with Crippen LogP contribution in [0.1, 0.15) is 16.7 Å². The van der Waals surface area contributed by atoms with E-state index in [1.54, 1.807) is 11.0 Å². The van der Waals surface area contributed by atoms with Crippen LogP contribution in [0, 0.1) is 0 Å². The number of nitrogens with two attached hydrogens (primary N) is 1. The molecule has 172 valence electrons.